The molecule has 0 saturated carbocycles. The summed E-state index contributed by atoms with van der Waals surface area (Å²) in [5.74, 6) is -0.0124. The molecule has 2 rings (SSSR count). The second kappa shape index (κ2) is 7.31. The SMILES string of the molecule is O=C(NCCCNc1ccccc1)c1sccc1Br. The smallest absolute Gasteiger partial charge is 0.262 e. The van der Waals surface area contributed by atoms with Crippen molar-refractivity contribution in [1.82, 2.24) is 5.32 Å². The van der Waals surface area contributed by atoms with E-state index < -0.39 is 0 Å². The van der Waals surface area contributed by atoms with Crippen LogP contribution in [-0.4, -0.2) is 19.0 Å². The molecule has 5 heteroatoms. The predicted molar refractivity (Wildman–Crippen MR) is 83.9 cm³/mol. The van der Waals surface area contributed by atoms with Crippen molar-refractivity contribution >= 4 is 38.9 Å². The molecular weight excluding hydrogens is 324 g/mol. The zero-order valence-electron chi connectivity index (χ0n) is 10.4. The molecule has 1 aromatic carbocycles. The number of halogens is 1. The van der Waals surface area contributed by atoms with Crippen molar-refractivity contribution in [2.45, 2.75) is 6.42 Å². The minimum atomic E-state index is -0.0124. The van der Waals surface area contributed by atoms with Gasteiger partial charge in [-0.05, 0) is 45.9 Å². The monoisotopic (exact) mass is 338 g/mol. The Kier molecular flexibility index (Phi) is 5.42. The number of nitrogens with one attached hydrogen (secondary N) is 2. The standard InChI is InChI=1S/C14H15BrN2OS/c15-12-7-10-19-13(12)14(18)17-9-4-8-16-11-5-2-1-3-6-11/h1-3,5-7,10,16H,4,8-9H2,(H,17,18). The molecule has 3 nitrogen and oxygen atoms in total. The highest BCUT2D eigenvalue weighted by Gasteiger charge is 2.09. The van der Waals surface area contributed by atoms with Crippen LogP contribution in [0.2, 0.25) is 0 Å². The van der Waals surface area contributed by atoms with Crippen molar-refractivity contribution < 1.29 is 4.79 Å². The molecule has 0 spiro atoms. The molecule has 1 heterocycles. The maximum absolute atomic E-state index is 11.8. The Morgan fingerprint density at radius 2 is 1.95 bits per heavy atom. The zero-order chi connectivity index (χ0) is 13.5. The quantitative estimate of drug-likeness (QED) is 0.787. The number of para-hydroxylation sites is 1. The van der Waals surface area contributed by atoms with Crippen LogP contribution in [0.15, 0.2) is 46.3 Å². The molecule has 19 heavy (non-hydrogen) atoms. The second-order valence-electron chi connectivity index (χ2n) is 4.00. The highest BCUT2D eigenvalue weighted by molar-refractivity contribution is 9.10. The molecule has 0 aliphatic carbocycles. The molecule has 0 fully saturated rings. The Morgan fingerprint density at radius 1 is 1.16 bits per heavy atom. The minimum absolute atomic E-state index is 0.0124. The van der Waals surface area contributed by atoms with Crippen LogP contribution in [0.3, 0.4) is 0 Å². The number of thiophene rings is 1. The minimum Gasteiger partial charge on any atom is -0.385 e. The highest BCUT2D eigenvalue weighted by Crippen LogP contribution is 2.22. The van der Waals surface area contributed by atoms with Crippen molar-refractivity contribution in [1.29, 1.82) is 0 Å². The van der Waals surface area contributed by atoms with Crippen LogP contribution in [0, 0.1) is 0 Å². The lowest BCUT2D eigenvalue weighted by molar-refractivity contribution is 0.0957. The molecule has 2 N–H and O–H groups in total. The largest absolute Gasteiger partial charge is 0.385 e. The van der Waals surface area contributed by atoms with Crippen LogP contribution in [-0.2, 0) is 0 Å². The van der Waals surface area contributed by atoms with Gasteiger partial charge in [0.05, 0.1) is 0 Å². The molecule has 0 atom stereocenters. The first kappa shape index (κ1) is 14.1. The normalized spacial score (nSPS) is 10.2. The van der Waals surface area contributed by atoms with Crippen LogP contribution in [0.4, 0.5) is 5.69 Å². The molecule has 1 amide bonds. The van der Waals surface area contributed by atoms with E-state index in [1.54, 1.807) is 0 Å². The number of anilines is 1. The average Bonchev–Trinajstić information content (AvgIpc) is 2.86. The van der Waals surface area contributed by atoms with Gasteiger partial charge in [0.1, 0.15) is 4.88 Å². The van der Waals surface area contributed by atoms with Gasteiger partial charge in [-0.1, -0.05) is 18.2 Å². The summed E-state index contributed by atoms with van der Waals surface area (Å²) in [5.41, 5.74) is 1.11. The van der Waals surface area contributed by atoms with E-state index in [1.165, 1.54) is 11.3 Å². The number of benzene rings is 1. The number of rotatable bonds is 6. The van der Waals surface area contributed by atoms with Crippen LogP contribution in [0.5, 0.6) is 0 Å². The van der Waals surface area contributed by atoms with E-state index in [1.807, 2.05) is 41.8 Å². The van der Waals surface area contributed by atoms with Gasteiger partial charge < -0.3 is 10.6 Å². The maximum atomic E-state index is 11.8. The third-order valence-electron chi connectivity index (χ3n) is 2.57. The lowest BCUT2D eigenvalue weighted by atomic mass is 10.3. The molecule has 0 saturated heterocycles. The van der Waals surface area contributed by atoms with E-state index in [2.05, 4.69) is 26.6 Å². The first-order valence-corrected chi connectivity index (χ1v) is 7.75. The molecule has 1 aromatic heterocycles. The summed E-state index contributed by atoms with van der Waals surface area (Å²) in [6.45, 7) is 1.51. The van der Waals surface area contributed by atoms with Crippen LogP contribution < -0.4 is 10.6 Å². The first-order valence-electron chi connectivity index (χ1n) is 6.07. The summed E-state index contributed by atoms with van der Waals surface area (Å²) in [5, 5.41) is 8.12. The van der Waals surface area contributed by atoms with Crippen molar-refractivity contribution in [3.63, 3.8) is 0 Å². The summed E-state index contributed by atoms with van der Waals surface area (Å²) in [7, 11) is 0. The van der Waals surface area contributed by atoms with Gasteiger partial charge in [0.15, 0.2) is 0 Å². The van der Waals surface area contributed by atoms with E-state index in [4.69, 9.17) is 0 Å². The maximum Gasteiger partial charge on any atom is 0.262 e. The summed E-state index contributed by atoms with van der Waals surface area (Å²) in [4.78, 5) is 12.5. The van der Waals surface area contributed by atoms with Crippen molar-refractivity contribution in [2.75, 3.05) is 18.4 Å². The fourth-order valence-electron chi connectivity index (χ4n) is 1.62. The van der Waals surface area contributed by atoms with E-state index in [0.29, 0.717) is 6.54 Å². The molecule has 0 aliphatic rings. The van der Waals surface area contributed by atoms with Gasteiger partial charge >= 0.3 is 0 Å². The van der Waals surface area contributed by atoms with Gasteiger partial charge in [-0.25, -0.2) is 0 Å². The molecule has 2 aromatic rings. The number of carbonyl (C=O) groups excluding carboxylic acids is 1. The highest BCUT2D eigenvalue weighted by atomic mass is 79.9. The lowest BCUT2D eigenvalue weighted by Gasteiger charge is -2.07. The summed E-state index contributed by atoms with van der Waals surface area (Å²) >= 11 is 4.80. The first-order chi connectivity index (χ1) is 9.27. The average molecular weight is 339 g/mol. The van der Waals surface area contributed by atoms with Gasteiger partial charge in [-0.2, -0.15) is 0 Å². The number of hydrogen-bond acceptors (Lipinski definition) is 3. The Labute approximate surface area is 125 Å². The van der Waals surface area contributed by atoms with E-state index >= 15 is 0 Å². The third kappa shape index (κ3) is 4.36. The van der Waals surface area contributed by atoms with Gasteiger partial charge in [0.2, 0.25) is 0 Å². The molecule has 0 aliphatic heterocycles. The van der Waals surface area contributed by atoms with Crippen molar-refractivity contribution in [2.24, 2.45) is 0 Å². The lowest BCUT2D eigenvalue weighted by Crippen LogP contribution is -2.25. The summed E-state index contributed by atoms with van der Waals surface area (Å²) < 4.78 is 0.859. The van der Waals surface area contributed by atoms with Crippen molar-refractivity contribution in [3.8, 4) is 0 Å². The second-order valence-corrected chi connectivity index (χ2v) is 5.77. The number of carbonyl (C=O) groups is 1. The van der Waals surface area contributed by atoms with E-state index in [-0.39, 0.29) is 5.91 Å². The third-order valence-corrected chi connectivity index (χ3v) is 4.40. The van der Waals surface area contributed by atoms with Gasteiger partial charge in [0.25, 0.3) is 5.91 Å². The Morgan fingerprint density at radius 3 is 2.63 bits per heavy atom. The summed E-state index contributed by atoms with van der Waals surface area (Å²) in [6, 6.07) is 11.9. The number of amides is 1. The molecule has 0 radical (unpaired) electrons. The molecule has 0 bridgehead atoms. The predicted octanol–water partition coefficient (Wildman–Crippen LogP) is 3.74. The fourth-order valence-corrected chi connectivity index (χ4v) is 3.08. The van der Waals surface area contributed by atoms with E-state index in [0.717, 1.165) is 28.0 Å². The van der Waals surface area contributed by atoms with Crippen LogP contribution in [0.25, 0.3) is 0 Å². The van der Waals surface area contributed by atoms with Crippen LogP contribution in [0.1, 0.15) is 16.1 Å². The Balaban J connectivity index is 1.65. The topological polar surface area (TPSA) is 41.1 Å². The Hall–Kier alpha value is -1.33. The summed E-state index contributed by atoms with van der Waals surface area (Å²) in [6.07, 6.45) is 0.892. The Bertz CT molecular complexity index is 527. The van der Waals surface area contributed by atoms with Gasteiger partial charge in [-0.15, -0.1) is 11.3 Å². The van der Waals surface area contributed by atoms with Crippen molar-refractivity contribution in [3.05, 3.63) is 51.1 Å². The van der Waals surface area contributed by atoms with Gasteiger partial charge in [0, 0.05) is 23.2 Å². The zero-order valence-corrected chi connectivity index (χ0v) is 12.8. The fraction of sp³-hybridized carbons (Fsp3) is 0.214. The van der Waals surface area contributed by atoms with E-state index in [9.17, 15) is 4.79 Å². The molecular formula is C14H15BrN2OS. The van der Waals surface area contributed by atoms with Gasteiger partial charge in [-0.3, -0.25) is 4.79 Å². The molecule has 0 unspecified atom stereocenters. The molecule has 100 valence electrons. The van der Waals surface area contributed by atoms with Crippen LogP contribution >= 0.6 is 27.3 Å². The number of hydrogen-bond donors (Lipinski definition) is 2.